The summed E-state index contributed by atoms with van der Waals surface area (Å²) in [5.74, 6) is 5.52. The Hall–Kier alpha value is -2.25. The van der Waals surface area contributed by atoms with E-state index in [1.807, 2.05) is 24.7 Å². The molecule has 3 aliphatic rings. The molecule has 150 valence electrons. The summed E-state index contributed by atoms with van der Waals surface area (Å²) in [6.07, 6.45) is 13.4. The number of rotatable bonds is 0. The molecule has 2 aromatic rings. The Morgan fingerprint density at radius 3 is 2.39 bits per heavy atom. The zero-order valence-electron chi connectivity index (χ0n) is 16.4. The predicted octanol–water partition coefficient (Wildman–Crippen LogP) is 4.18. The van der Waals surface area contributed by atoms with Crippen LogP contribution in [0.5, 0.6) is 0 Å². The standard InChI is InChI=1S/C21H30N6S/c1-17-8-7-9-18-14-24-21(25-15-18)27-20-11-10-19(16-23-20)28(2)26-13-6-4-3-5-12-22-17/h10-11,14-16,22,26H,1-9,12-13H2,(H,23,24,25,27). The lowest BCUT2D eigenvalue weighted by Gasteiger charge is -2.12. The van der Waals surface area contributed by atoms with E-state index in [1.165, 1.54) is 25.7 Å². The fraction of sp³-hybridized carbons (Fsp3) is 0.429. The lowest BCUT2D eigenvalue weighted by atomic mass is 10.1. The highest BCUT2D eigenvalue weighted by molar-refractivity contribution is 8.12. The van der Waals surface area contributed by atoms with E-state index in [4.69, 9.17) is 0 Å². The smallest absolute Gasteiger partial charge is 0.228 e. The molecule has 5 heterocycles. The van der Waals surface area contributed by atoms with Gasteiger partial charge in [-0.25, -0.2) is 15.0 Å². The van der Waals surface area contributed by atoms with Crippen LogP contribution in [0.25, 0.3) is 0 Å². The first kappa shape index (κ1) is 20.5. The molecule has 0 aliphatic carbocycles. The van der Waals surface area contributed by atoms with Gasteiger partial charge in [-0.05, 0) is 49.8 Å². The number of anilines is 2. The zero-order chi connectivity index (χ0) is 19.6. The molecule has 0 saturated heterocycles. The fourth-order valence-corrected chi connectivity index (χ4v) is 3.97. The Morgan fingerprint density at radius 2 is 1.64 bits per heavy atom. The first-order valence-corrected chi connectivity index (χ1v) is 11.3. The molecule has 5 rings (SSSR count). The number of nitrogens with zero attached hydrogens (tertiary/aromatic N) is 3. The van der Waals surface area contributed by atoms with Crippen molar-refractivity contribution in [3.63, 3.8) is 0 Å². The number of fused-ring (bicyclic) bond motifs is 2. The highest BCUT2D eigenvalue weighted by Gasteiger charge is 2.03. The minimum atomic E-state index is -0.245. The molecule has 28 heavy (non-hydrogen) atoms. The molecular formula is C21H30N6S. The average molecular weight is 399 g/mol. The van der Waals surface area contributed by atoms with Crippen LogP contribution in [0.4, 0.5) is 11.8 Å². The average Bonchev–Trinajstić information content (AvgIpc) is 2.71. The molecular weight excluding hydrogens is 368 g/mol. The summed E-state index contributed by atoms with van der Waals surface area (Å²) in [4.78, 5) is 14.4. The van der Waals surface area contributed by atoms with E-state index in [1.54, 1.807) is 0 Å². The Balaban J connectivity index is 1.64. The molecule has 7 heteroatoms. The van der Waals surface area contributed by atoms with E-state index in [-0.39, 0.29) is 10.7 Å². The van der Waals surface area contributed by atoms with E-state index in [9.17, 15) is 0 Å². The van der Waals surface area contributed by atoms with Crippen molar-refractivity contribution >= 4 is 28.3 Å². The maximum atomic E-state index is 4.47. The normalized spacial score (nSPS) is 19.9. The van der Waals surface area contributed by atoms with Crippen LogP contribution in [-0.4, -0.2) is 33.9 Å². The van der Waals surface area contributed by atoms with E-state index >= 15 is 0 Å². The third-order valence-electron chi connectivity index (χ3n) is 4.66. The molecule has 3 N–H and O–H groups in total. The van der Waals surface area contributed by atoms with Crippen molar-refractivity contribution in [2.45, 2.75) is 49.8 Å². The number of pyridine rings is 1. The van der Waals surface area contributed by atoms with Gasteiger partial charge in [0.1, 0.15) is 5.82 Å². The first-order chi connectivity index (χ1) is 13.7. The molecule has 0 fully saturated rings. The monoisotopic (exact) mass is 398 g/mol. The number of aryl methyl sites for hydroxylation is 1. The molecule has 3 aliphatic heterocycles. The second kappa shape index (κ2) is 10.9. The van der Waals surface area contributed by atoms with Gasteiger partial charge in [0.2, 0.25) is 5.95 Å². The lowest BCUT2D eigenvalue weighted by Crippen LogP contribution is -2.14. The Labute approximate surface area is 170 Å². The number of hydrogen-bond donors (Lipinski definition) is 3. The van der Waals surface area contributed by atoms with Crippen LogP contribution >= 0.6 is 10.7 Å². The summed E-state index contributed by atoms with van der Waals surface area (Å²) in [6, 6.07) is 4.00. The summed E-state index contributed by atoms with van der Waals surface area (Å²) in [7, 11) is -0.245. The molecule has 4 bridgehead atoms. The number of hydrogen-bond acceptors (Lipinski definition) is 6. The zero-order valence-corrected chi connectivity index (χ0v) is 17.2. The van der Waals surface area contributed by atoms with E-state index in [0.717, 1.165) is 54.3 Å². The van der Waals surface area contributed by atoms with Crippen molar-refractivity contribution in [2.24, 2.45) is 0 Å². The van der Waals surface area contributed by atoms with Crippen LogP contribution in [0.3, 0.4) is 0 Å². The molecule has 0 aromatic carbocycles. The van der Waals surface area contributed by atoms with Gasteiger partial charge < -0.3 is 10.6 Å². The highest BCUT2D eigenvalue weighted by atomic mass is 32.2. The van der Waals surface area contributed by atoms with Gasteiger partial charge in [0.15, 0.2) is 0 Å². The summed E-state index contributed by atoms with van der Waals surface area (Å²) >= 11 is 0. The fourth-order valence-electron chi connectivity index (χ4n) is 3.00. The SMILES string of the molecule is C=C1CCCc2cnc(nc2)Nc2ccc(cn2)S(=C)NCCCCCCN1. The Morgan fingerprint density at radius 1 is 0.857 bits per heavy atom. The number of nitrogens with one attached hydrogen (secondary N) is 3. The summed E-state index contributed by atoms with van der Waals surface area (Å²) < 4.78 is 3.50. The Kier molecular flexibility index (Phi) is 7.99. The topological polar surface area (TPSA) is 74.8 Å². The minimum Gasteiger partial charge on any atom is -0.389 e. The molecule has 0 amide bonds. The molecule has 6 nitrogen and oxygen atoms in total. The van der Waals surface area contributed by atoms with Gasteiger partial charge >= 0.3 is 0 Å². The van der Waals surface area contributed by atoms with Crippen molar-refractivity contribution in [1.29, 1.82) is 0 Å². The molecule has 2 aromatic heterocycles. The van der Waals surface area contributed by atoms with Crippen LogP contribution in [0.2, 0.25) is 0 Å². The largest absolute Gasteiger partial charge is 0.389 e. The third kappa shape index (κ3) is 6.73. The molecule has 0 spiro atoms. The second-order valence-electron chi connectivity index (χ2n) is 7.00. The second-order valence-corrected chi connectivity index (χ2v) is 8.54. The van der Waals surface area contributed by atoms with Gasteiger partial charge in [0.05, 0.1) is 0 Å². The third-order valence-corrected chi connectivity index (χ3v) is 6.03. The van der Waals surface area contributed by atoms with E-state index in [2.05, 4.69) is 48.8 Å². The van der Waals surface area contributed by atoms with Gasteiger partial charge in [-0.15, -0.1) is 0 Å². The molecule has 0 saturated carbocycles. The highest BCUT2D eigenvalue weighted by Crippen LogP contribution is 2.21. The van der Waals surface area contributed by atoms with Gasteiger partial charge in [-0.2, -0.15) is 0 Å². The summed E-state index contributed by atoms with van der Waals surface area (Å²) in [5.41, 5.74) is 2.26. The van der Waals surface area contributed by atoms with Crippen LogP contribution in [0.1, 0.15) is 44.1 Å². The number of allylic oxidation sites excluding steroid dienone is 1. The number of aromatic nitrogens is 3. The van der Waals surface area contributed by atoms with Crippen molar-refractivity contribution < 1.29 is 0 Å². The van der Waals surface area contributed by atoms with Crippen molar-refractivity contribution in [1.82, 2.24) is 25.0 Å². The van der Waals surface area contributed by atoms with Crippen LogP contribution in [0.15, 0.2) is 47.9 Å². The van der Waals surface area contributed by atoms with Gasteiger partial charge in [0, 0.05) is 42.3 Å². The maximum Gasteiger partial charge on any atom is 0.228 e. The quantitative estimate of drug-likeness (QED) is 0.578. The van der Waals surface area contributed by atoms with Crippen LogP contribution < -0.4 is 15.4 Å². The maximum absolute atomic E-state index is 4.47. The van der Waals surface area contributed by atoms with E-state index < -0.39 is 0 Å². The van der Waals surface area contributed by atoms with Crippen LogP contribution in [-0.2, 0) is 6.42 Å². The molecule has 1 atom stereocenters. The summed E-state index contributed by atoms with van der Waals surface area (Å²) in [6.45, 7) is 6.12. The van der Waals surface area contributed by atoms with Crippen molar-refractivity contribution in [2.75, 3.05) is 18.4 Å². The van der Waals surface area contributed by atoms with Gasteiger partial charge in [-0.1, -0.05) is 36.0 Å². The van der Waals surface area contributed by atoms with Crippen molar-refractivity contribution in [3.8, 4) is 0 Å². The predicted molar refractivity (Wildman–Crippen MR) is 119 cm³/mol. The lowest BCUT2D eigenvalue weighted by molar-refractivity contribution is 0.605. The summed E-state index contributed by atoms with van der Waals surface area (Å²) in [5, 5.41) is 6.60. The van der Waals surface area contributed by atoms with Crippen molar-refractivity contribution in [3.05, 3.63) is 48.6 Å². The van der Waals surface area contributed by atoms with E-state index in [0.29, 0.717) is 5.95 Å². The van der Waals surface area contributed by atoms with Gasteiger partial charge in [0.25, 0.3) is 0 Å². The van der Waals surface area contributed by atoms with Crippen LogP contribution in [0, 0.1) is 0 Å². The van der Waals surface area contributed by atoms with Gasteiger partial charge in [-0.3, -0.25) is 4.72 Å². The molecule has 0 radical (unpaired) electrons. The molecule has 1 unspecified atom stereocenters. The first-order valence-electron chi connectivity index (χ1n) is 9.94. The minimum absolute atomic E-state index is 0.245. The Bertz CT molecular complexity index is 772.